The molecule has 0 spiro atoms. The molecule has 0 heterocycles. The molecular formula is C48H52N4O20. The van der Waals surface area contributed by atoms with Crippen molar-refractivity contribution in [2.24, 2.45) is 0 Å². The van der Waals surface area contributed by atoms with Gasteiger partial charge in [0, 0.05) is 119 Å². The lowest BCUT2D eigenvalue weighted by Crippen LogP contribution is -2.15. The first-order valence-electron chi connectivity index (χ1n) is 22.8. The lowest BCUT2D eigenvalue weighted by Gasteiger charge is -2.23. The van der Waals surface area contributed by atoms with Crippen LogP contribution in [-0.4, -0.2) is 96.4 Å². The molecule has 5 rings (SSSR count). The number of hydrogen-bond donors (Lipinski definition) is 0. The topological polar surface area (TPSA) is 315 Å². The number of fused-ring (bicyclic) bond motifs is 8. The number of benzene rings is 4. The first-order valence-corrected chi connectivity index (χ1v) is 22.8. The van der Waals surface area contributed by atoms with Gasteiger partial charge in [-0.1, -0.05) is 0 Å². The number of nitro benzene ring substituents is 4. The summed E-state index contributed by atoms with van der Waals surface area (Å²) in [5, 5.41) is 50.9. The van der Waals surface area contributed by atoms with Crippen LogP contribution in [0.15, 0.2) is 48.5 Å². The third kappa shape index (κ3) is 14.8. The van der Waals surface area contributed by atoms with Gasteiger partial charge in [-0.15, -0.1) is 0 Å². The maximum atomic E-state index is 12.7. The van der Waals surface area contributed by atoms with Crippen LogP contribution in [0.3, 0.4) is 0 Å². The minimum atomic E-state index is -0.707. The largest absolute Gasteiger partial charge is 0.492 e. The number of non-ortho nitro benzene ring substituents is 4. The Hall–Kier alpha value is -8.44. The second-order valence-electron chi connectivity index (χ2n) is 15.7. The van der Waals surface area contributed by atoms with E-state index >= 15 is 0 Å². The van der Waals surface area contributed by atoms with Gasteiger partial charge in [-0.2, -0.15) is 0 Å². The van der Waals surface area contributed by atoms with Gasteiger partial charge < -0.3 is 37.9 Å². The first kappa shape index (κ1) is 54.5. The smallest absolute Gasteiger partial charge is 0.309 e. The zero-order valence-corrected chi connectivity index (χ0v) is 39.9. The van der Waals surface area contributed by atoms with E-state index in [-0.39, 0.29) is 146 Å². The number of hydrogen-bond acceptors (Lipinski definition) is 20. The molecule has 0 atom stereocenters. The molecule has 0 unspecified atom stereocenters. The highest BCUT2D eigenvalue weighted by atomic mass is 16.6. The van der Waals surface area contributed by atoms with Crippen molar-refractivity contribution in [2.45, 2.75) is 79.1 Å². The van der Waals surface area contributed by atoms with Crippen molar-refractivity contribution in [1.29, 1.82) is 0 Å². The fourth-order valence-corrected chi connectivity index (χ4v) is 7.86. The van der Waals surface area contributed by atoms with Crippen molar-refractivity contribution < 1.29 is 76.8 Å². The summed E-state index contributed by atoms with van der Waals surface area (Å²) in [5.41, 5.74) is -1.84. The highest BCUT2D eigenvalue weighted by Gasteiger charge is 2.29. The van der Waals surface area contributed by atoms with Gasteiger partial charge in [-0.25, -0.2) is 0 Å². The molecule has 4 aromatic rings. The van der Waals surface area contributed by atoms with Crippen LogP contribution in [0.4, 0.5) is 22.7 Å². The molecule has 1 aliphatic carbocycles. The average Bonchev–Trinajstić information content (AvgIpc) is 3.31. The zero-order chi connectivity index (χ0) is 52.5. The molecule has 0 aliphatic heterocycles. The summed E-state index contributed by atoms with van der Waals surface area (Å²) in [6, 6.07) is 9.15. The molecule has 0 amide bonds. The number of rotatable bonds is 24. The Kier molecular flexibility index (Phi) is 19.7. The van der Waals surface area contributed by atoms with E-state index in [0.717, 1.165) is 48.5 Å². The minimum Gasteiger partial charge on any atom is -0.492 e. The Morgan fingerprint density at radius 2 is 0.528 bits per heavy atom. The van der Waals surface area contributed by atoms with Crippen molar-refractivity contribution in [3.05, 3.63) is 133 Å². The van der Waals surface area contributed by atoms with Crippen molar-refractivity contribution in [2.75, 3.05) is 52.9 Å². The molecule has 0 aromatic heterocycles. The van der Waals surface area contributed by atoms with Crippen molar-refractivity contribution in [1.82, 2.24) is 0 Å². The zero-order valence-electron chi connectivity index (χ0n) is 39.9. The van der Waals surface area contributed by atoms with E-state index in [9.17, 15) is 59.6 Å². The molecule has 384 valence electrons. The molecule has 0 N–H and O–H groups in total. The summed E-state index contributed by atoms with van der Waals surface area (Å²) in [4.78, 5) is 98.3. The molecular weight excluding hydrogens is 953 g/mol. The van der Waals surface area contributed by atoms with E-state index in [1.807, 2.05) is 0 Å². The number of nitrogens with zero attached hydrogens (tertiary/aromatic N) is 4. The van der Waals surface area contributed by atoms with Crippen LogP contribution in [0, 0.1) is 40.5 Å². The van der Waals surface area contributed by atoms with Gasteiger partial charge in [0.25, 0.3) is 22.7 Å². The van der Waals surface area contributed by atoms with Crippen LogP contribution in [0.2, 0.25) is 0 Å². The summed E-state index contributed by atoms with van der Waals surface area (Å²) in [6.07, 6.45) is -2.93. The molecule has 0 saturated heterocycles. The molecule has 8 bridgehead atoms. The Bertz CT molecular complexity index is 2260. The van der Waals surface area contributed by atoms with E-state index in [1.54, 1.807) is 27.7 Å². The van der Waals surface area contributed by atoms with Gasteiger partial charge in [-0.05, 0) is 27.7 Å². The summed E-state index contributed by atoms with van der Waals surface area (Å²) in [7, 11) is 0. The number of carbonyl (C=O) groups is 4. The Morgan fingerprint density at radius 1 is 0.361 bits per heavy atom. The second-order valence-corrected chi connectivity index (χ2v) is 15.7. The van der Waals surface area contributed by atoms with Gasteiger partial charge in [0.15, 0.2) is 0 Å². The van der Waals surface area contributed by atoms with Crippen LogP contribution in [0.5, 0.6) is 23.0 Å². The van der Waals surface area contributed by atoms with Gasteiger partial charge in [0.1, 0.15) is 23.0 Å². The fraction of sp³-hybridized carbons (Fsp3) is 0.417. The van der Waals surface area contributed by atoms with E-state index in [0.29, 0.717) is 0 Å². The predicted octanol–water partition coefficient (Wildman–Crippen LogP) is 7.32. The molecule has 0 fully saturated rings. The van der Waals surface area contributed by atoms with Crippen LogP contribution < -0.4 is 18.9 Å². The highest BCUT2D eigenvalue weighted by molar-refractivity contribution is 5.71. The molecule has 72 heavy (non-hydrogen) atoms. The van der Waals surface area contributed by atoms with E-state index in [2.05, 4.69) is 0 Å². The van der Waals surface area contributed by atoms with Gasteiger partial charge >= 0.3 is 23.9 Å². The van der Waals surface area contributed by atoms with E-state index in [1.165, 1.54) is 0 Å². The molecule has 0 radical (unpaired) electrons. The quantitative estimate of drug-likeness (QED) is 0.0253. The molecule has 1 aliphatic rings. The van der Waals surface area contributed by atoms with E-state index < -0.39 is 92.0 Å². The Labute approximate surface area is 411 Å². The maximum Gasteiger partial charge on any atom is 0.309 e. The third-order valence-corrected chi connectivity index (χ3v) is 10.7. The number of ether oxygens (including phenoxy) is 8. The lowest BCUT2D eigenvalue weighted by molar-refractivity contribution is -0.385. The summed E-state index contributed by atoms with van der Waals surface area (Å²) < 4.78 is 45.4. The predicted molar refractivity (Wildman–Crippen MR) is 251 cm³/mol. The minimum absolute atomic E-state index is 0.0212. The monoisotopic (exact) mass is 1000 g/mol. The molecule has 24 nitrogen and oxygen atoms in total. The summed E-state index contributed by atoms with van der Waals surface area (Å²) in [5.74, 6) is -2.84. The summed E-state index contributed by atoms with van der Waals surface area (Å²) >= 11 is 0. The van der Waals surface area contributed by atoms with Crippen molar-refractivity contribution in [3.8, 4) is 23.0 Å². The number of nitro groups is 4. The number of carbonyl (C=O) groups excluding carboxylic acids is 4. The maximum absolute atomic E-state index is 12.7. The SMILES string of the molecule is CCOC(=O)CCOc1c2cc([N+](=O)[O-])cc1Cc1cc([N+](=O)[O-])cc(c1OCCC(=O)OCC)Cc1cc([N+](=O)[O-])cc(c1OCCC(=O)OCC)Cc1cc([N+](=O)[O-])cc(c1OCCC(=O)OCC)C2. The van der Waals surface area contributed by atoms with Crippen LogP contribution >= 0.6 is 0 Å². The van der Waals surface area contributed by atoms with E-state index in [4.69, 9.17) is 37.9 Å². The van der Waals surface area contributed by atoms with Gasteiger partial charge in [0.2, 0.25) is 0 Å². The Balaban J connectivity index is 1.93. The van der Waals surface area contributed by atoms with Crippen LogP contribution in [0.25, 0.3) is 0 Å². The molecule has 24 heteroatoms. The highest BCUT2D eigenvalue weighted by Crippen LogP contribution is 2.43. The van der Waals surface area contributed by atoms with Crippen LogP contribution in [-0.2, 0) is 63.8 Å². The van der Waals surface area contributed by atoms with Crippen molar-refractivity contribution in [3.63, 3.8) is 0 Å². The first-order chi connectivity index (χ1) is 34.5. The Morgan fingerprint density at radius 3 is 0.667 bits per heavy atom. The number of esters is 4. The molecule has 0 saturated carbocycles. The second kappa shape index (κ2) is 26.0. The average molecular weight is 1000 g/mol. The van der Waals surface area contributed by atoms with Gasteiger partial charge in [-0.3, -0.25) is 59.6 Å². The van der Waals surface area contributed by atoms with Gasteiger partial charge in [0.05, 0.1) is 98.2 Å². The van der Waals surface area contributed by atoms with Crippen molar-refractivity contribution >= 4 is 46.6 Å². The molecule has 4 aromatic carbocycles. The summed E-state index contributed by atoms with van der Waals surface area (Å²) in [6.45, 7) is 5.18. The third-order valence-electron chi connectivity index (χ3n) is 10.7. The lowest BCUT2D eigenvalue weighted by atomic mass is 9.90. The van der Waals surface area contributed by atoms with Crippen LogP contribution in [0.1, 0.15) is 97.9 Å². The normalized spacial score (nSPS) is 11.6. The standard InChI is InChI=1S/C48H52N4O20/c1-5-65-41(53)9-13-69-45-29-17-31-23-38(50(59)60)25-33(46(31)70-14-10-42(54)66-6-2)19-35-27-40(52(63)64)28-36(48(35)72-16-12-44(56)68-8-4)20-34-26-39(51(61)62)24-32(18-30(45)22-37(21-29)49(57)58)47(34)71-15-11-43(55)67-7-3/h21-28H,5-20H2,1-4H3. The fourth-order valence-electron chi connectivity index (χ4n) is 7.86.